The fourth-order valence-electron chi connectivity index (χ4n) is 2.86. The lowest BCUT2D eigenvalue weighted by atomic mass is 10.2. The van der Waals surface area contributed by atoms with Crippen LogP contribution in [0.15, 0.2) is 35.3 Å². The van der Waals surface area contributed by atoms with Gasteiger partial charge in [0, 0.05) is 44.5 Å². The van der Waals surface area contributed by atoms with E-state index < -0.39 is 0 Å². The zero-order valence-corrected chi connectivity index (χ0v) is 14.5. The Morgan fingerprint density at radius 2 is 1.83 bits per heavy atom. The second kappa shape index (κ2) is 9.40. The lowest BCUT2D eigenvalue weighted by Crippen LogP contribution is -2.46. The highest BCUT2D eigenvalue weighted by atomic mass is 15.3. The molecule has 1 saturated heterocycles. The molecule has 5 heteroatoms. The van der Waals surface area contributed by atoms with Gasteiger partial charge in [-0.15, -0.1) is 0 Å². The van der Waals surface area contributed by atoms with Gasteiger partial charge in [0.25, 0.3) is 0 Å². The Hall–Kier alpha value is -1.75. The molecule has 3 N–H and O–H groups in total. The number of anilines is 1. The summed E-state index contributed by atoms with van der Waals surface area (Å²) in [6.07, 6.45) is 2.28. The molecule has 0 radical (unpaired) electrons. The second-order valence-corrected chi connectivity index (χ2v) is 6.44. The summed E-state index contributed by atoms with van der Waals surface area (Å²) in [6.45, 7) is 10.6. The maximum Gasteiger partial charge on any atom is 0.188 e. The summed E-state index contributed by atoms with van der Waals surface area (Å²) in [4.78, 5) is 9.38. The molecule has 1 aromatic carbocycles. The van der Waals surface area contributed by atoms with Crippen LogP contribution >= 0.6 is 0 Å². The quantitative estimate of drug-likeness (QED) is 0.458. The molecule has 23 heavy (non-hydrogen) atoms. The molecule has 2 rings (SSSR count). The first-order valence-electron chi connectivity index (χ1n) is 8.74. The van der Waals surface area contributed by atoms with Crippen molar-refractivity contribution in [1.29, 1.82) is 0 Å². The van der Waals surface area contributed by atoms with E-state index in [0.29, 0.717) is 12.0 Å². The Morgan fingerprint density at radius 3 is 2.48 bits per heavy atom. The van der Waals surface area contributed by atoms with E-state index in [1.807, 2.05) is 0 Å². The molecule has 0 aromatic heterocycles. The van der Waals surface area contributed by atoms with E-state index in [4.69, 9.17) is 5.73 Å². The second-order valence-electron chi connectivity index (χ2n) is 6.44. The molecule has 1 aliphatic rings. The van der Waals surface area contributed by atoms with Gasteiger partial charge < -0.3 is 16.0 Å². The molecule has 1 aliphatic heterocycles. The number of aliphatic imine (C=N–C) groups is 1. The van der Waals surface area contributed by atoms with E-state index in [9.17, 15) is 0 Å². The Bertz CT molecular complexity index is 464. The number of hydrogen-bond donors (Lipinski definition) is 2. The SMILES string of the molecule is CC(C)NC(N)=NCCCCN1CCN(c2ccccc2)CC1. The van der Waals surface area contributed by atoms with E-state index in [1.54, 1.807) is 0 Å². The Balaban J connectivity index is 1.58. The topological polar surface area (TPSA) is 56.9 Å². The van der Waals surface area contributed by atoms with Crippen LogP contribution in [0, 0.1) is 0 Å². The predicted molar refractivity (Wildman–Crippen MR) is 99.1 cm³/mol. The Kier molecular flexibility index (Phi) is 7.20. The van der Waals surface area contributed by atoms with E-state index in [1.165, 1.54) is 12.1 Å². The number of para-hydroxylation sites is 1. The minimum Gasteiger partial charge on any atom is -0.370 e. The lowest BCUT2D eigenvalue weighted by molar-refractivity contribution is 0.253. The number of rotatable bonds is 7. The van der Waals surface area contributed by atoms with Crippen LogP contribution in [0.5, 0.6) is 0 Å². The Labute approximate surface area is 140 Å². The fourth-order valence-corrected chi connectivity index (χ4v) is 2.86. The average molecular weight is 317 g/mol. The van der Waals surface area contributed by atoms with Crippen molar-refractivity contribution in [3.05, 3.63) is 30.3 Å². The number of nitrogens with zero attached hydrogens (tertiary/aromatic N) is 3. The molecule has 0 bridgehead atoms. The summed E-state index contributed by atoms with van der Waals surface area (Å²) >= 11 is 0. The van der Waals surface area contributed by atoms with Crippen LogP contribution in [0.4, 0.5) is 5.69 Å². The van der Waals surface area contributed by atoms with Crippen molar-refractivity contribution in [3.63, 3.8) is 0 Å². The molecule has 1 heterocycles. The van der Waals surface area contributed by atoms with E-state index in [-0.39, 0.29) is 0 Å². The number of nitrogens with one attached hydrogen (secondary N) is 1. The van der Waals surface area contributed by atoms with Gasteiger partial charge in [0.2, 0.25) is 0 Å². The molecule has 128 valence electrons. The van der Waals surface area contributed by atoms with Gasteiger partial charge in [-0.05, 0) is 45.4 Å². The molecule has 0 atom stereocenters. The molecule has 0 saturated carbocycles. The van der Waals surface area contributed by atoms with Gasteiger partial charge in [-0.2, -0.15) is 0 Å². The minimum atomic E-state index is 0.347. The molecule has 5 nitrogen and oxygen atoms in total. The maximum atomic E-state index is 5.79. The van der Waals surface area contributed by atoms with Crippen LogP contribution in [0.1, 0.15) is 26.7 Å². The van der Waals surface area contributed by atoms with Crippen LogP contribution < -0.4 is 16.0 Å². The average Bonchev–Trinajstić information content (AvgIpc) is 2.55. The minimum absolute atomic E-state index is 0.347. The third kappa shape index (κ3) is 6.48. The summed E-state index contributed by atoms with van der Waals surface area (Å²) in [5, 5.41) is 3.12. The van der Waals surface area contributed by atoms with Gasteiger partial charge in [-0.1, -0.05) is 18.2 Å². The predicted octanol–water partition coefficient (Wildman–Crippen LogP) is 1.90. The number of unbranched alkanes of at least 4 members (excludes halogenated alkanes) is 1. The summed E-state index contributed by atoms with van der Waals surface area (Å²) in [7, 11) is 0. The normalized spacial score (nSPS) is 16.8. The lowest BCUT2D eigenvalue weighted by Gasteiger charge is -2.36. The van der Waals surface area contributed by atoms with Crippen LogP contribution in [0.25, 0.3) is 0 Å². The first-order chi connectivity index (χ1) is 11.1. The van der Waals surface area contributed by atoms with Gasteiger partial charge >= 0.3 is 0 Å². The summed E-state index contributed by atoms with van der Waals surface area (Å²) in [5.74, 6) is 0.566. The maximum absolute atomic E-state index is 5.79. The number of nitrogens with two attached hydrogens (primary N) is 1. The summed E-state index contributed by atoms with van der Waals surface area (Å²) < 4.78 is 0. The van der Waals surface area contributed by atoms with Crippen molar-refractivity contribution < 1.29 is 0 Å². The van der Waals surface area contributed by atoms with E-state index in [0.717, 1.165) is 45.7 Å². The van der Waals surface area contributed by atoms with Crippen LogP contribution in [-0.4, -0.2) is 56.2 Å². The number of guanidine groups is 1. The number of piperazine rings is 1. The molecular formula is C18H31N5. The van der Waals surface area contributed by atoms with Gasteiger partial charge in [0.05, 0.1) is 0 Å². The molecule has 0 spiro atoms. The molecule has 1 fully saturated rings. The van der Waals surface area contributed by atoms with Gasteiger partial charge in [0.15, 0.2) is 5.96 Å². The molecule has 1 aromatic rings. The van der Waals surface area contributed by atoms with Crippen molar-refractivity contribution >= 4 is 11.6 Å². The molecule has 0 amide bonds. The first-order valence-corrected chi connectivity index (χ1v) is 8.74. The monoisotopic (exact) mass is 317 g/mol. The van der Waals surface area contributed by atoms with Gasteiger partial charge in [0.1, 0.15) is 0 Å². The highest BCUT2D eigenvalue weighted by Crippen LogP contribution is 2.15. The third-order valence-electron chi connectivity index (χ3n) is 4.09. The molecule has 0 unspecified atom stereocenters. The Morgan fingerprint density at radius 1 is 1.13 bits per heavy atom. The standard InChI is InChI=1S/C18H31N5/c1-16(2)21-18(19)20-10-6-7-11-22-12-14-23(15-13-22)17-8-4-3-5-9-17/h3-5,8-9,16H,6-7,10-15H2,1-2H3,(H3,19,20,21). The molecule has 0 aliphatic carbocycles. The van der Waals surface area contributed by atoms with Crippen LogP contribution in [-0.2, 0) is 0 Å². The van der Waals surface area contributed by atoms with Gasteiger partial charge in [-0.3, -0.25) is 9.89 Å². The zero-order valence-electron chi connectivity index (χ0n) is 14.5. The highest BCUT2D eigenvalue weighted by Gasteiger charge is 2.16. The number of hydrogen-bond acceptors (Lipinski definition) is 3. The fraction of sp³-hybridized carbons (Fsp3) is 0.611. The first kappa shape index (κ1) is 17.6. The third-order valence-corrected chi connectivity index (χ3v) is 4.09. The smallest absolute Gasteiger partial charge is 0.188 e. The summed E-state index contributed by atoms with van der Waals surface area (Å²) in [5.41, 5.74) is 7.14. The number of benzene rings is 1. The zero-order chi connectivity index (χ0) is 16.5. The largest absolute Gasteiger partial charge is 0.370 e. The highest BCUT2D eigenvalue weighted by molar-refractivity contribution is 5.77. The van der Waals surface area contributed by atoms with Crippen LogP contribution in [0.2, 0.25) is 0 Å². The van der Waals surface area contributed by atoms with Gasteiger partial charge in [-0.25, -0.2) is 0 Å². The van der Waals surface area contributed by atoms with Crippen molar-refractivity contribution in [2.24, 2.45) is 10.7 Å². The van der Waals surface area contributed by atoms with Crippen molar-refractivity contribution in [1.82, 2.24) is 10.2 Å². The van der Waals surface area contributed by atoms with E-state index >= 15 is 0 Å². The van der Waals surface area contributed by atoms with Crippen molar-refractivity contribution in [2.75, 3.05) is 44.2 Å². The van der Waals surface area contributed by atoms with Crippen molar-refractivity contribution in [2.45, 2.75) is 32.7 Å². The van der Waals surface area contributed by atoms with Crippen molar-refractivity contribution in [3.8, 4) is 0 Å². The summed E-state index contributed by atoms with van der Waals surface area (Å²) in [6, 6.07) is 11.0. The van der Waals surface area contributed by atoms with Crippen LogP contribution in [0.3, 0.4) is 0 Å². The molecular weight excluding hydrogens is 286 g/mol. The van der Waals surface area contributed by atoms with E-state index in [2.05, 4.69) is 64.3 Å².